The van der Waals surface area contributed by atoms with Gasteiger partial charge in [-0.3, -0.25) is 4.79 Å². The molecular formula is C17H28ClN3O3S. The van der Waals surface area contributed by atoms with Gasteiger partial charge in [0.05, 0.1) is 24.3 Å². The first-order valence-corrected chi connectivity index (χ1v) is 9.31. The van der Waals surface area contributed by atoms with Gasteiger partial charge in [0.15, 0.2) is 0 Å². The van der Waals surface area contributed by atoms with E-state index in [4.69, 9.17) is 10.5 Å². The van der Waals surface area contributed by atoms with E-state index < -0.39 is 5.54 Å². The van der Waals surface area contributed by atoms with Gasteiger partial charge in [-0.2, -0.15) is 0 Å². The van der Waals surface area contributed by atoms with Gasteiger partial charge >= 0.3 is 5.97 Å². The van der Waals surface area contributed by atoms with Crippen LogP contribution >= 0.6 is 23.7 Å². The van der Waals surface area contributed by atoms with Crippen molar-refractivity contribution in [1.82, 2.24) is 10.3 Å². The first kappa shape index (κ1) is 21.9. The lowest BCUT2D eigenvalue weighted by atomic mass is 9.74. The van der Waals surface area contributed by atoms with E-state index in [9.17, 15) is 9.59 Å². The number of rotatable bonds is 5. The molecule has 3 atom stereocenters. The Bertz CT molecular complexity index is 618. The number of carbonyl (C=O) groups is 2. The highest BCUT2D eigenvalue weighted by Crippen LogP contribution is 2.32. The number of nitrogens with zero attached hydrogens (tertiary/aromatic N) is 1. The Morgan fingerprint density at radius 3 is 2.76 bits per heavy atom. The molecule has 1 aromatic rings. The molecule has 1 saturated carbocycles. The molecule has 1 aliphatic carbocycles. The van der Waals surface area contributed by atoms with Gasteiger partial charge in [-0.25, -0.2) is 9.78 Å². The normalized spacial score (nSPS) is 24.1. The first-order valence-electron chi connectivity index (χ1n) is 8.50. The van der Waals surface area contributed by atoms with E-state index >= 15 is 0 Å². The van der Waals surface area contributed by atoms with Crippen LogP contribution in [0.15, 0.2) is 0 Å². The summed E-state index contributed by atoms with van der Waals surface area (Å²) in [5.74, 6) is -0.573. The van der Waals surface area contributed by atoms with Gasteiger partial charge in [-0.1, -0.05) is 12.8 Å². The Kier molecular flexibility index (Phi) is 7.84. The molecule has 1 aromatic heterocycles. The first-order chi connectivity index (χ1) is 11.3. The predicted molar refractivity (Wildman–Crippen MR) is 101 cm³/mol. The second kappa shape index (κ2) is 8.96. The Morgan fingerprint density at radius 1 is 1.48 bits per heavy atom. The molecule has 1 aliphatic rings. The third-order valence-corrected chi connectivity index (χ3v) is 5.89. The highest BCUT2D eigenvalue weighted by molar-refractivity contribution is 7.13. The van der Waals surface area contributed by atoms with E-state index in [-0.39, 0.29) is 36.2 Å². The zero-order valence-corrected chi connectivity index (χ0v) is 16.9. The number of carbonyl (C=O) groups excluding carboxylic acids is 2. The van der Waals surface area contributed by atoms with Gasteiger partial charge < -0.3 is 15.8 Å². The smallest absolute Gasteiger partial charge is 0.350 e. The number of hydrogen-bond acceptors (Lipinski definition) is 6. The number of aryl methyl sites for hydroxylation is 1. The molecule has 0 aliphatic heterocycles. The lowest BCUT2D eigenvalue weighted by Gasteiger charge is -2.37. The standard InChI is InChI=1S/C17H27N3O3S.ClH/c1-5-23-16(22)13-10(2)20-15(24-13)11(3)19-14(21)12-8-6-7-9-17(12,4)18;/h11-12H,5-9,18H2,1-4H3,(H,19,21);1H. The molecular weight excluding hydrogens is 362 g/mol. The van der Waals surface area contributed by atoms with Crippen LogP contribution in [0.25, 0.3) is 0 Å². The van der Waals surface area contributed by atoms with E-state index in [0.717, 1.165) is 25.7 Å². The summed E-state index contributed by atoms with van der Waals surface area (Å²) in [4.78, 5) is 29.4. The number of amides is 1. The second-order valence-electron chi connectivity index (χ2n) is 6.72. The number of esters is 1. The largest absolute Gasteiger partial charge is 0.462 e. The van der Waals surface area contributed by atoms with E-state index in [0.29, 0.717) is 22.2 Å². The monoisotopic (exact) mass is 389 g/mol. The number of aromatic nitrogens is 1. The van der Waals surface area contributed by atoms with E-state index in [1.54, 1.807) is 13.8 Å². The lowest BCUT2D eigenvalue weighted by Crippen LogP contribution is -2.53. The van der Waals surface area contributed by atoms with Crippen LogP contribution in [0.3, 0.4) is 0 Å². The Morgan fingerprint density at radius 2 is 2.16 bits per heavy atom. The molecule has 8 heteroatoms. The molecule has 0 radical (unpaired) electrons. The minimum Gasteiger partial charge on any atom is -0.462 e. The topological polar surface area (TPSA) is 94.3 Å². The summed E-state index contributed by atoms with van der Waals surface area (Å²) in [6.07, 6.45) is 3.78. The summed E-state index contributed by atoms with van der Waals surface area (Å²) in [5, 5.41) is 3.72. The van der Waals surface area contributed by atoms with Crippen LogP contribution in [-0.2, 0) is 9.53 Å². The molecule has 1 heterocycles. The summed E-state index contributed by atoms with van der Waals surface area (Å²) in [6, 6.07) is -0.262. The number of ether oxygens (including phenoxy) is 1. The van der Waals surface area contributed by atoms with Crippen LogP contribution in [0.2, 0.25) is 0 Å². The average molecular weight is 390 g/mol. The highest BCUT2D eigenvalue weighted by atomic mass is 35.5. The maximum absolute atomic E-state index is 12.6. The number of halogens is 1. The van der Waals surface area contributed by atoms with E-state index in [2.05, 4.69) is 10.3 Å². The summed E-state index contributed by atoms with van der Waals surface area (Å²) in [6.45, 7) is 7.70. The third-order valence-electron chi connectivity index (χ3n) is 4.57. The molecule has 25 heavy (non-hydrogen) atoms. The van der Waals surface area contributed by atoms with Crippen LogP contribution in [0.1, 0.15) is 72.9 Å². The molecule has 0 spiro atoms. The van der Waals surface area contributed by atoms with Crippen molar-refractivity contribution in [3.05, 3.63) is 15.6 Å². The molecule has 0 saturated heterocycles. The van der Waals surface area contributed by atoms with Gasteiger partial charge in [-0.15, -0.1) is 23.7 Å². The molecule has 1 amide bonds. The minimum atomic E-state index is -0.461. The van der Waals surface area contributed by atoms with Gasteiger partial charge in [0.25, 0.3) is 0 Å². The van der Waals surface area contributed by atoms with Crippen LogP contribution in [0.4, 0.5) is 0 Å². The summed E-state index contributed by atoms with van der Waals surface area (Å²) >= 11 is 1.27. The number of nitrogens with one attached hydrogen (secondary N) is 1. The van der Waals surface area contributed by atoms with E-state index in [1.165, 1.54) is 11.3 Å². The molecule has 0 aromatic carbocycles. The maximum Gasteiger partial charge on any atom is 0.350 e. The number of nitrogens with two attached hydrogens (primary N) is 1. The fourth-order valence-corrected chi connectivity index (χ4v) is 4.12. The van der Waals surface area contributed by atoms with Crippen LogP contribution in [-0.4, -0.2) is 29.0 Å². The number of thiazole rings is 1. The Labute approximate surface area is 159 Å². The summed E-state index contributed by atoms with van der Waals surface area (Å²) in [5.41, 5.74) is 6.48. The second-order valence-corrected chi connectivity index (χ2v) is 7.75. The Balaban J connectivity index is 0.00000312. The van der Waals surface area contributed by atoms with Crippen molar-refractivity contribution >= 4 is 35.6 Å². The van der Waals surface area contributed by atoms with E-state index in [1.807, 2.05) is 13.8 Å². The molecule has 2 rings (SSSR count). The maximum atomic E-state index is 12.6. The average Bonchev–Trinajstić information content (AvgIpc) is 2.89. The van der Waals surface area contributed by atoms with Crippen molar-refractivity contribution < 1.29 is 14.3 Å². The molecule has 6 nitrogen and oxygen atoms in total. The van der Waals surface area contributed by atoms with Crippen molar-refractivity contribution in [2.45, 2.75) is 65.0 Å². The molecule has 1 fully saturated rings. The molecule has 3 unspecified atom stereocenters. The molecule has 142 valence electrons. The van der Waals surface area contributed by atoms with Crippen molar-refractivity contribution in [2.24, 2.45) is 11.7 Å². The minimum absolute atomic E-state index is 0. The SMILES string of the molecule is CCOC(=O)c1sc(C(C)NC(=O)C2CCCCC2(C)N)nc1C.Cl. The quantitative estimate of drug-likeness (QED) is 0.754. The molecule has 3 N–H and O–H groups in total. The van der Waals surface area contributed by atoms with Gasteiger partial charge in [0.1, 0.15) is 9.88 Å². The van der Waals surface area contributed by atoms with Gasteiger partial charge in [-0.05, 0) is 40.5 Å². The van der Waals surface area contributed by atoms with Crippen LogP contribution < -0.4 is 11.1 Å². The Hall–Kier alpha value is -1.18. The third kappa shape index (κ3) is 5.15. The van der Waals surface area contributed by atoms with Crippen molar-refractivity contribution in [3.63, 3.8) is 0 Å². The highest BCUT2D eigenvalue weighted by Gasteiger charge is 2.38. The van der Waals surface area contributed by atoms with Crippen molar-refractivity contribution in [2.75, 3.05) is 6.61 Å². The summed E-state index contributed by atoms with van der Waals surface area (Å²) in [7, 11) is 0. The fourth-order valence-electron chi connectivity index (χ4n) is 3.15. The van der Waals surface area contributed by atoms with Crippen LogP contribution in [0.5, 0.6) is 0 Å². The van der Waals surface area contributed by atoms with Gasteiger partial charge in [0.2, 0.25) is 5.91 Å². The number of hydrogen-bond donors (Lipinski definition) is 2. The molecule has 0 bridgehead atoms. The van der Waals surface area contributed by atoms with Crippen LogP contribution in [0, 0.1) is 12.8 Å². The summed E-state index contributed by atoms with van der Waals surface area (Å²) < 4.78 is 5.03. The van der Waals surface area contributed by atoms with Gasteiger partial charge in [0, 0.05) is 5.54 Å². The fraction of sp³-hybridized carbons (Fsp3) is 0.706. The zero-order valence-electron chi connectivity index (χ0n) is 15.3. The zero-order chi connectivity index (χ0) is 17.9. The predicted octanol–water partition coefficient (Wildman–Crippen LogP) is 3.13. The lowest BCUT2D eigenvalue weighted by molar-refractivity contribution is -0.128. The van der Waals surface area contributed by atoms with Crippen molar-refractivity contribution in [1.29, 1.82) is 0 Å². The van der Waals surface area contributed by atoms with Crippen molar-refractivity contribution in [3.8, 4) is 0 Å².